The Labute approximate surface area is 147 Å². The molecule has 0 aliphatic carbocycles. The zero-order valence-corrected chi connectivity index (χ0v) is 13.7. The molecule has 26 heavy (non-hydrogen) atoms. The fourth-order valence-electron chi connectivity index (χ4n) is 2.52. The topological polar surface area (TPSA) is 54.1 Å². The minimum absolute atomic E-state index is 0.370. The van der Waals surface area contributed by atoms with Crippen LogP contribution >= 0.6 is 0 Å². The molecule has 7 heteroatoms. The Morgan fingerprint density at radius 3 is 2.38 bits per heavy atom. The molecule has 0 atom stereocenters. The molecule has 0 aliphatic rings. The number of alkyl halides is 3. The maximum Gasteiger partial charge on any atom is 0.416 e. The maximum atomic E-state index is 12.7. The molecule has 3 rings (SSSR count). The van der Waals surface area contributed by atoms with E-state index in [-0.39, 0.29) is 0 Å². The zero-order chi connectivity index (χ0) is 18.7. The fraction of sp³-hybridized carbons (Fsp3) is 0.105. The van der Waals surface area contributed by atoms with E-state index in [0.717, 1.165) is 17.8 Å². The second-order valence-corrected chi connectivity index (χ2v) is 5.54. The van der Waals surface area contributed by atoms with Crippen LogP contribution in [0.1, 0.15) is 15.9 Å². The smallest absolute Gasteiger partial charge is 0.416 e. The molecule has 2 aromatic carbocycles. The van der Waals surface area contributed by atoms with E-state index in [1.54, 1.807) is 24.4 Å². The van der Waals surface area contributed by atoms with Gasteiger partial charge in [-0.05, 0) is 54.6 Å². The quantitative estimate of drug-likeness (QED) is 0.627. The molecule has 0 bridgehead atoms. The number of carbonyl (C=O) groups is 1. The van der Waals surface area contributed by atoms with Crippen molar-refractivity contribution in [2.45, 2.75) is 6.18 Å². The van der Waals surface area contributed by atoms with Gasteiger partial charge in [-0.1, -0.05) is 0 Å². The highest BCUT2D eigenvalue weighted by Crippen LogP contribution is 2.33. The van der Waals surface area contributed by atoms with Crippen LogP contribution in [0.4, 0.5) is 24.5 Å². The number of anilines is 2. The molecule has 0 amide bonds. The van der Waals surface area contributed by atoms with Gasteiger partial charge in [0.05, 0.1) is 18.2 Å². The lowest BCUT2D eigenvalue weighted by atomic mass is 10.0. The molecule has 4 nitrogen and oxygen atoms in total. The minimum atomic E-state index is -4.38. The number of benzene rings is 2. The van der Waals surface area contributed by atoms with Crippen molar-refractivity contribution in [2.24, 2.45) is 0 Å². The summed E-state index contributed by atoms with van der Waals surface area (Å²) in [6.07, 6.45) is -2.64. The second-order valence-electron chi connectivity index (χ2n) is 5.54. The summed E-state index contributed by atoms with van der Waals surface area (Å²) in [5.74, 6) is -0.473. The van der Waals surface area contributed by atoms with E-state index in [1.807, 2.05) is 12.1 Å². The van der Waals surface area contributed by atoms with Crippen LogP contribution in [0.25, 0.3) is 11.3 Å². The van der Waals surface area contributed by atoms with Crippen LogP contribution in [0.3, 0.4) is 0 Å². The number of rotatable bonds is 4. The molecule has 0 fully saturated rings. The maximum absolute atomic E-state index is 12.7. The zero-order valence-electron chi connectivity index (χ0n) is 13.7. The van der Waals surface area contributed by atoms with E-state index in [0.29, 0.717) is 22.5 Å². The van der Waals surface area contributed by atoms with Gasteiger partial charge in [0.25, 0.3) is 0 Å². The molecule has 1 aromatic heterocycles. The Morgan fingerprint density at radius 1 is 1.08 bits per heavy atom. The van der Waals surface area contributed by atoms with Gasteiger partial charge in [-0.2, -0.15) is 13.2 Å². The first-order valence-corrected chi connectivity index (χ1v) is 7.69. The summed E-state index contributed by atoms with van der Waals surface area (Å²) < 4.78 is 42.8. The summed E-state index contributed by atoms with van der Waals surface area (Å²) in [4.78, 5) is 14.8. The van der Waals surface area contributed by atoms with Crippen molar-refractivity contribution in [3.63, 3.8) is 0 Å². The Hall–Kier alpha value is -3.22. The Morgan fingerprint density at radius 2 is 1.81 bits per heavy atom. The number of hydrogen-bond acceptors (Lipinski definition) is 3. The van der Waals surface area contributed by atoms with Gasteiger partial charge in [-0.3, -0.25) is 0 Å². The predicted octanol–water partition coefficient (Wildman–Crippen LogP) is 5.23. The van der Waals surface area contributed by atoms with Gasteiger partial charge in [0.2, 0.25) is 0 Å². The molecule has 0 unspecified atom stereocenters. The number of nitrogens with one attached hydrogen (secondary N) is 2. The molecule has 0 radical (unpaired) electrons. The third-order valence-corrected chi connectivity index (χ3v) is 3.82. The first kappa shape index (κ1) is 17.6. The number of esters is 1. The van der Waals surface area contributed by atoms with Crippen molar-refractivity contribution < 1.29 is 22.7 Å². The van der Waals surface area contributed by atoms with Crippen LogP contribution in [0, 0.1) is 0 Å². The van der Waals surface area contributed by atoms with Gasteiger partial charge in [0.15, 0.2) is 0 Å². The molecule has 0 spiro atoms. The number of hydrogen-bond donors (Lipinski definition) is 2. The summed E-state index contributed by atoms with van der Waals surface area (Å²) in [7, 11) is 1.30. The predicted molar refractivity (Wildman–Crippen MR) is 92.3 cm³/mol. The molecule has 0 saturated carbocycles. The van der Waals surface area contributed by atoms with Gasteiger partial charge in [-0.15, -0.1) is 0 Å². The molecular formula is C19H15F3N2O2. The van der Waals surface area contributed by atoms with Crippen molar-refractivity contribution in [1.82, 2.24) is 4.98 Å². The number of ether oxygens (including phenoxy) is 1. The Kier molecular flexibility index (Phi) is 4.71. The fourth-order valence-corrected chi connectivity index (χ4v) is 2.52. The van der Waals surface area contributed by atoms with Crippen molar-refractivity contribution in [1.29, 1.82) is 0 Å². The van der Waals surface area contributed by atoms with Crippen LogP contribution in [0.5, 0.6) is 0 Å². The van der Waals surface area contributed by atoms with E-state index >= 15 is 0 Å². The van der Waals surface area contributed by atoms with Crippen molar-refractivity contribution in [2.75, 3.05) is 12.4 Å². The molecule has 0 saturated heterocycles. The number of halogens is 3. The monoisotopic (exact) mass is 360 g/mol. The van der Waals surface area contributed by atoms with Crippen LogP contribution in [0.2, 0.25) is 0 Å². The van der Waals surface area contributed by atoms with Crippen LogP contribution in [-0.2, 0) is 10.9 Å². The van der Waals surface area contributed by atoms with E-state index in [9.17, 15) is 18.0 Å². The molecule has 0 aliphatic heterocycles. The first-order valence-electron chi connectivity index (χ1n) is 7.69. The normalized spacial score (nSPS) is 11.2. The Bertz CT molecular complexity index is 902. The van der Waals surface area contributed by atoms with Gasteiger partial charge in [0, 0.05) is 28.8 Å². The van der Waals surface area contributed by atoms with Crippen LogP contribution < -0.4 is 5.32 Å². The van der Waals surface area contributed by atoms with Crippen LogP contribution in [0.15, 0.2) is 60.8 Å². The third-order valence-electron chi connectivity index (χ3n) is 3.82. The highest BCUT2D eigenvalue weighted by molar-refractivity contribution is 5.93. The van der Waals surface area contributed by atoms with Crippen molar-refractivity contribution in [3.8, 4) is 11.3 Å². The molecular weight excluding hydrogens is 345 g/mol. The van der Waals surface area contributed by atoms with E-state index in [2.05, 4.69) is 10.3 Å². The van der Waals surface area contributed by atoms with Gasteiger partial charge >= 0.3 is 12.1 Å². The third kappa shape index (κ3) is 3.72. The lowest BCUT2D eigenvalue weighted by molar-refractivity contribution is -0.137. The van der Waals surface area contributed by atoms with Gasteiger partial charge < -0.3 is 15.0 Å². The number of aromatic nitrogens is 1. The van der Waals surface area contributed by atoms with Gasteiger partial charge in [0.1, 0.15) is 0 Å². The highest BCUT2D eigenvalue weighted by Gasteiger charge is 2.29. The SMILES string of the molecule is COC(=O)c1ccc(Nc2ccc(C(F)(F)F)cc2)c(-c2ccc[nH]2)c1. The van der Waals surface area contributed by atoms with Crippen molar-refractivity contribution >= 4 is 17.3 Å². The summed E-state index contributed by atoms with van der Waals surface area (Å²) in [6.45, 7) is 0. The minimum Gasteiger partial charge on any atom is -0.465 e. The number of methoxy groups -OCH3 is 1. The Balaban J connectivity index is 1.95. The summed E-state index contributed by atoms with van der Waals surface area (Å²) in [5, 5.41) is 3.08. The van der Waals surface area contributed by atoms with Crippen molar-refractivity contribution in [3.05, 3.63) is 71.9 Å². The van der Waals surface area contributed by atoms with E-state index in [4.69, 9.17) is 4.74 Å². The number of H-pyrrole nitrogens is 1. The van der Waals surface area contributed by atoms with Crippen LogP contribution in [-0.4, -0.2) is 18.1 Å². The average Bonchev–Trinajstić information content (AvgIpc) is 3.15. The largest absolute Gasteiger partial charge is 0.465 e. The summed E-state index contributed by atoms with van der Waals surface area (Å²) >= 11 is 0. The average molecular weight is 360 g/mol. The molecule has 134 valence electrons. The number of aromatic amines is 1. The molecule has 2 N–H and O–H groups in total. The lowest BCUT2D eigenvalue weighted by Crippen LogP contribution is -2.05. The molecule has 1 heterocycles. The van der Waals surface area contributed by atoms with Gasteiger partial charge in [-0.25, -0.2) is 4.79 Å². The standard InChI is InChI=1S/C19H15F3N2O2/c1-26-18(25)12-4-9-17(15(11-12)16-3-2-10-23-16)24-14-7-5-13(6-8-14)19(20,21)22/h2-11,23-24H,1H3. The highest BCUT2D eigenvalue weighted by atomic mass is 19.4. The number of carbonyl (C=O) groups excluding carboxylic acids is 1. The lowest BCUT2D eigenvalue weighted by Gasteiger charge is -2.14. The van der Waals surface area contributed by atoms with E-state index < -0.39 is 17.7 Å². The second kappa shape index (κ2) is 6.95. The summed E-state index contributed by atoms with van der Waals surface area (Å²) in [6, 6.07) is 13.3. The molecule has 3 aromatic rings. The van der Waals surface area contributed by atoms with E-state index in [1.165, 1.54) is 19.2 Å². The summed E-state index contributed by atoms with van der Waals surface area (Å²) in [5.41, 5.74) is 2.24. The first-order chi connectivity index (χ1) is 12.4.